The fourth-order valence-electron chi connectivity index (χ4n) is 1.29. The monoisotopic (exact) mass is 191 g/mol. The number of hydrogen-bond acceptors (Lipinski definition) is 2. The van der Waals surface area contributed by atoms with Gasteiger partial charge in [0.25, 0.3) is 0 Å². The van der Waals surface area contributed by atoms with E-state index < -0.39 is 0 Å². The van der Waals surface area contributed by atoms with Crippen LogP contribution in [0.2, 0.25) is 0 Å². The van der Waals surface area contributed by atoms with Crippen LogP contribution in [-0.4, -0.2) is 4.98 Å². The lowest BCUT2D eigenvalue weighted by Gasteiger charge is -1.98. The molecule has 0 aromatic carbocycles. The molecule has 0 fully saturated rings. The number of aromatic nitrogens is 1. The summed E-state index contributed by atoms with van der Waals surface area (Å²) in [6.45, 7) is 8.28. The average molecular weight is 191 g/mol. The van der Waals surface area contributed by atoms with E-state index in [1.165, 1.54) is 5.56 Å². The minimum atomic E-state index is 0.473. The van der Waals surface area contributed by atoms with Crippen molar-refractivity contribution < 1.29 is 4.42 Å². The van der Waals surface area contributed by atoms with Crippen molar-refractivity contribution >= 4 is 11.1 Å². The SMILES string of the molecule is CC.CC(C)c1coc2cccnc12. The van der Waals surface area contributed by atoms with Crippen LogP contribution in [0, 0.1) is 0 Å². The highest BCUT2D eigenvalue weighted by atomic mass is 16.3. The number of hydrogen-bond donors (Lipinski definition) is 0. The molecule has 0 N–H and O–H groups in total. The molecule has 0 saturated heterocycles. The Kier molecular flexibility index (Phi) is 3.69. The first-order valence-corrected chi connectivity index (χ1v) is 5.11. The van der Waals surface area contributed by atoms with Crippen LogP contribution in [0.1, 0.15) is 39.2 Å². The van der Waals surface area contributed by atoms with Crippen molar-refractivity contribution in [2.45, 2.75) is 33.6 Å². The zero-order valence-corrected chi connectivity index (χ0v) is 9.24. The van der Waals surface area contributed by atoms with Crippen LogP contribution in [0.5, 0.6) is 0 Å². The zero-order chi connectivity index (χ0) is 10.6. The van der Waals surface area contributed by atoms with Crippen LogP contribution in [0.3, 0.4) is 0 Å². The van der Waals surface area contributed by atoms with Crippen molar-refractivity contribution in [3.63, 3.8) is 0 Å². The van der Waals surface area contributed by atoms with Crippen molar-refractivity contribution in [2.75, 3.05) is 0 Å². The first kappa shape index (κ1) is 10.8. The van der Waals surface area contributed by atoms with E-state index in [0.29, 0.717) is 5.92 Å². The number of fused-ring (bicyclic) bond motifs is 1. The Labute approximate surface area is 85.0 Å². The predicted molar refractivity (Wildman–Crippen MR) is 59.4 cm³/mol. The maximum Gasteiger partial charge on any atom is 0.152 e. The Morgan fingerprint density at radius 3 is 2.64 bits per heavy atom. The molecule has 2 nitrogen and oxygen atoms in total. The molecule has 2 rings (SSSR count). The molecule has 0 saturated carbocycles. The van der Waals surface area contributed by atoms with Gasteiger partial charge in [0.05, 0.1) is 6.26 Å². The third kappa shape index (κ3) is 1.95. The summed E-state index contributed by atoms with van der Waals surface area (Å²) in [5, 5.41) is 0. The van der Waals surface area contributed by atoms with Crippen molar-refractivity contribution in [3.8, 4) is 0 Å². The molecule has 0 aliphatic heterocycles. The summed E-state index contributed by atoms with van der Waals surface area (Å²) in [4.78, 5) is 4.27. The van der Waals surface area contributed by atoms with Gasteiger partial charge in [-0.05, 0) is 18.1 Å². The molecule has 0 radical (unpaired) electrons. The highest BCUT2D eigenvalue weighted by molar-refractivity contribution is 5.76. The summed E-state index contributed by atoms with van der Waals surface area (Å²) in [6, 6.07) is 3.82. The molecule has 76 valence electrons. The van der Waals surface area contributed by atoms with Crippen molar-refractivity contribution in [1.82, 2.24) is 4.98 Å². The van der Waals surface area contributed by atoms with Crippen molar-refractivity contribution in [2.24, 2.45) is 0 Å². The van der Waals surface area contributed by atoms with E-state index in [4.69, 9.17) is 4.42 Å². The minimum absolute atomic E-state index is 0.473. The maximum absolute atomic E-state index is 5.35. The van der Waals surface area contributed by atoms with E-state index in [1.54, 1.807) is 12.5 Å². The van der Waals surface area contributed by atoms with E-state index in [9.17, 15) is 0 Å². The van der Waals surface area contributed by atoms with Gasteiger partial charge >= 0.3 is 0 Å². The van der Waals surface area contributed by atoms with Crippen LogP contribution in [0.4, 0.5) is 0 Å². The summed E-state index contributed by atoms with van der Waals surface area (Å²) in [5.74, 6) is 0.473. The van der Waals surface area contributed by atoms with E-state index in [2.05, 4.69) is 18.8 Å². The van der Waals surface area contributed by atoms with E-state index in [-0.39, 0.29) is 0 Å². The smallest absolute Gasteiger partial charge is 0.152 e. The van der Waals surface area contributed by atoms with Crippen LogP contribution < -0.4 is 0 Å². The molecule has 0 unspecified atom stereocenters. The van der Waals surface area contributed by atoms with Crippen molar-refractivity contribution in [1.29, 1.82) is 0 Å². The predicted octanol–water partition coefficient (Wildman–Crippen LogP) is 3.98. The van der Waals surface area contributed by atoms with Gasteiger partial charge in [-0.2, -0.15) is 0 Å². The van der Waals surface area contributed by atoms with Gasteiger partial charge in [0.1, 0.15) is 5.52 Å². The molecule has 14 heavy (non-hydrogen) atoms. The third-order valence-corrected chi connectivity index (χ3v) is 1.98. The lowest BCUT2D eigenvalue weighted by atomic mass is 10.1. The van der Waals surface area contributed by atoms with Gasteiger partial charge in [-0.1, -0.05) is 27.7 Å². The van der Waals surface area contributed by atoms with Crippen molar-refractivity contribution in [3.05, 3.63) is 30.2 Å². The highest BCUT2D eigenvalue weighted by Gasteiger charge is 2.08. The van der Waals surface area contributed by atoms with Gasteiger partial charge in [-0.15, -0.1) is 0 Å². The molecule has 2 aromatic rings. The second kappa shape index (κ2) is 4.80. The van der Waals surface area contributed by atoms with Crippen LogP contribution in [0.15, 0.2) is 29.0 Å². The minimum Gasteiger partial charge on any atom is -0.462 e. The zero-order valence-electron chi connectivity index (χ0n) is 9.24. The Hall–Kier alpha value is -1.31. The Morgan fingerprint density at radius 1 is 1.29 bits per heavy atom. The molecule has 0 amide bonds. The number of furan rings is 1. The van der Waals surface area contributed by atoms with E-state index in [1.807, 2.05) is 26.0 Å². The molecule has 0 aliphatic rings. The standard InChI is InChI=1S/C10H11NO.C2H6/c1-7(2)8-6-12-9-4-3-5-11-10(8)9;1-2/h3-7H,1-2H3;1-2H3. The molecule has 2 heteroatoms. The molecule has 0 aliphatic carbocycles. The highest BCUT2D eigenvalue weighted by Crippen LogP contribution is 2.24. The van der Waals surface area contributed by atoms with Crippen LogP contribution in [0.25, 0.3) is 11.1 Å². The second-order valence-electron chi connectivity index (χ2n) is 3.20. The summed E-state index contributed by atoms with van der Waals surface area (Å²) in [5.41, 5.74) is 3.05. The van der Waals surface area contributed by atoms with Gasteiger partial charge < -0.3 is 4.42 Å². The molecule has 2 aromatic heterocycles. The molecule has 2 heterocycles. The van der Waals surface area contributed by atoms with E-state index in [0.717, 1.165) is 11.1 Å². The summed E-state index contributed by atoms with van der Waals surface area (Å²) in [6.07, 6.45) is 3.59. The lowest BCUT2D eigenvalue weighted by Crippen LogP contribution is -1.85. The third-order valence-electron chi connectivity index (χ3n) is 1.98. The summed E-state index contributed by atoms with van der Waals surface area (Å²) >= 11 is 0. The first-order chi connectivity index (χ1) is 6.79. The maximum atomic E-state index is 5.35. The molecular formula is C12H17NO. The molecule has 0 atom stereocenters. The molecule has 0 bridgehead atoms. The number of rotatable bonds is 1. The van der Waals surface area contributed by atoms with Gasteiger partial charge in [-0.25, -0.2) is 0 Å². The largest absolute Gasteiger partial charge is 0.462 e. The molecule has 0 spiro atoms. The van der Waals surface area contributed by atoms with Crippen LogP contribution in [-0.2, 0) is 0 Å². The quantitative estimate of drug-likeness (QED) is 0.681. The van der Waals surface area contributed by atoms with Gasteiger partial charge in [0.15, 0.2) is 5.58 Å². The fraction of sp³-hybridized carbons (Fsp3) is 0.417. The van der Waals surface area contributed by atoms with Crippen LogP contribution >= 0.6 is 0 Å². The lowest BCUT2D eigenvalue weighted by molar-refractivity contribution is 0.606. The van der Waals surface area contributed by atoms with E-state index >= 15 is 0 Å². The summed E-state index contributed by atoms with van der Waals surface area (Å²) in [7, 11) is 0. The van der Waals surface area contributed by atoms with Gasteiger partial charge in [0, 0.05) is 11.8 Å². The first-order valence-electron chi connectivity index (χ1n) is 5.11. The topological polar surface area (TPSA) is 26.0 Å². The Morgan fingerprint density at radius 2 is 2.00 bits per heavy atom. The number of nitrogens with zero attached hydrogens (tertiary/aromatic N) is 1. The fourth-order valence-corrected chi connectivity index (χ4v) is 1.29. The van der Waals surface area contributed by atoms with Gasteiger partial charge in [-0.3, -0.25) is 4.98 Å². The normalized spacial score (nSPS) is 10.1. The number of pyridine rings is 1. The Balaban J connectivity index is 0.000000461. The second-order valence-corrected chi connectivity index (χ2v) is 3.20. The summed E-state index contributed by atoms with van der Waals surface area (Å²) < 4.78 is 5.35. The van der Waals surface area contributed by atoms with Gasteiger partial charge in [0.2, 0.25) is 0 Å². The Bertz CT molecular complexity index is 390. The molecular weight excluding hydrogens is 174 g/mol. The average Bonchev–Trinajstić information content (AvgIpc) is 2.64.